The smallest absolute Gasteiger partial charge is 0.305 e. The summed E-state index contributed by atoms with van der Waals surface area (Å²) in [7, 11) is 6.97. The lowest BCUT2D eigenvalue weighted by atomic mass is 10.1. The van der Waals surface area contributed by atoms with Crippen LogP contribution in [0.25, 0.3) is 0 Å². The molecule has 0 N–H and O–H groups in total. The van der Waals surface area contributed by atoms with Crippen LogP contribution in [-0.4, -0.2) is 51.6 Å². The maximum absolute atomic E-state index is 12.3. The quantitative estimate of drug-likeness (QED) is 0.744. The summed E-state index contributed by atoms with van der Waals surface area (Å²) in [6.45, 7) is 0.528. The van der Waals surface area contributed by atoms with E-state index in [0.29, 0.717) is 24.9 Å². The van der Waals surface area contributed by atoms with Crippen LogP contribution in [0.15, 0.2) is 24.3 Å². The molecule has 0 radical (unpaired) electrons. The van der Waals surface area contributed by atoms with Crippen molar-refractivity contribution in [2.24, 2.45) is 0 Å². The molecule has 0 fully saturated rings. The summed E-state index contributed by atoms with van der Waals surface area (Å²) in [5, 5.41) is 0. The van der Waals surface area contributed by atoms with E-state index >= 15 is 0 Å². The molecule has 0 spiro atoms. The lowest BCUT2D eigenvalue weighted by Gasteiger charge is -2.18. The van der Waals surface area contributed by atoms with Gasteiger partial charge in [0, 0.05) is 45.4 Å². The molecule has 0 aliphatic heterocycles. The molecule has 1 rings (SSSR count). The van der Waals surface area contributed by atoms with Gasteiger partial charge in [0.05, 0.1) is 7.11 Å². The van der Waals surface area contributed by atoms with Gasteiger partial charge in [0.2, 0.25) is 0 Å². The van der Waals surface area contributed by atoms with E-state index in [2.05, 4.69) is 4.74 Å². The first-order valence-corrected chi connectivity index (χ1v) is 6.55. The van der Waals surface area contributed by atoms with Crippen LogP contribution in [-0.2, 0) is 9.53 Å². The summed E-state index contributed by atoms with van der Waals surface area (Å²) in [6.07, 6.45) is 0.925. The molecule has 0 saturated carbocycles. The number of rotatable bonds is 6. The van der Waals surface area contributed by atoms with Crippen molar-refractivity contribution in [3.05, 3.63) is 29.8 Å². The third kappa shape index (κ3) is 4.57. The summed E-state index contributed by atoms with van der Waals surface area (Å²) in [4.78, 5) is 26.9. The van der Waals surface area contributed by atoms with Crippen molar-refractivity contribution in [2.45, 2.75) is 12.8 Å². The van der Waals surface area contributed by atoms with E-state index in [-0.39, 0.29) is 11.9 Å². The average molecular weight is 278 g/mol. The predicted molar refractivity (Wildman–Crippen MR) is 79.0 cm³/mol. The second-order valence-electron chi connectivity index (χ2n) is 4.85. The van der Waals surface area contributed by atoms with Gasteiger partial charge >= 0.3 is 5.97 Å². The van der Waals surface area contributed by atoms with Gasteiger partial charge in [0.1, 0.15) is 0 Å². The second-order valence-corrected chi connectivity index (χ2v) is 4.85. The van der Waals surface area contributed by atoms with E-state index in [1.165, 1.54) is 7.11 Å². The molecule has 20 heavy (non-hydrogen) atoms. The van der Waals surface area contributed by atoms with Gasteiger partial charge in [-0.15, -0.1) is 0 Å². The molecular weight excluding hydrogens is 256 g/mol. The van der Waals surface area contributed by atoms with E-state index < -0.39 is 0 Å². The molecule has 0 aliphatic rings. The molecule has 1 aromatic rings. The summed E-state index contributed by atoms with van der Waals surface area (Å²) in [5.41, 5.74) is 1.63. The number of ether oxygens (including phenoxy) is 1. The van der Waals surface area contributed by atoms with Crippen LogP contribution >= 0.6 is 0 Å². The molecule has 5 nitrogen and oxygen atoms in total. The van der Waals surface area contributed by atoms with Crippen molar-refractivity contribution in [2.75, 3.05) is 39.7 Å². The van der Waals surface area contributed by atoms with Gasteiger partial charge in [-0.25, -0.2) is 0 Å². The van der Waals surface area contributed by atoms with Gasteiger partial charge in [0.15, 0.2) is 0 Å². The van der Waals surface area contributed by atoms with Crippen LogP contribution in [0.2, 0.25) is 0 Å². The number of carbonyl (C=O) groups is 2. The second kappa shape index (κ2) is 7.53. The Balaban J connectivity index is 2.60. The number of esters is 1. The molecule has 0 unspecified atom stereocenters. The molecule has 0 saturated heterocycles. The molecule has 0 atom stereocenters. The Morgan fingerprint density at radius 1 is 1.20 bits per heavy atom. The van der Waals surface area contributed by atoms with Gasteiger partial charge in [-0.3, -0.25) is 9.59 Å². The van der Waals surface area contributed by atoms with E-state index in [9.17, 15) is 9.59 Å². The Morgan fingerprint density at radius 2 is 1.90 bits per heavy atom. The summed E-state index contributed by atoms with van der Waals surface area (Å²) >= 11 is 0. The lowest BCUT2D eigenvalue weighted by Crippen LogP contribution is -2.28. The molecule has 5 heteroatoms. The lowest BCUT2D eigenvalue weighted by molar-refractivity contribution is -0.140. The van der Waals surface area contributed by atoms with Crippen molar-refractivity contribution >= 4 is 17.6 Å². The number of hydrogen-bond donors (Lipinski definition) is 0. The van der Waals surface area contributed by atoms with Gasteiger partial charge < -0.3 is 14.5 Å². The zero-order valence-electron chi connectivity index (χ0n) is 12.5. The van der Waals surface area contributed by atoms with E-state index in [4.69, 9.17) is 0 Å². The number of benzene rings is 1. The first-order chi connectivity index (χ1) is 9.45. The van der Waals surface area contributed by atoms with Gasteiger partial charge in [-0.05, 0) is 24.6 Å². The molecular formula is C15H22N2O3. The highest BCUT2D eigenvalue weighted by molar-refractivity contribution is 5.95. The topological polar surface area (TPSA) is 49.9 Å². The van der Waals surface area contributed by atoms with Crippen molar-refractivity contribution in [1.29, 1.82) is 0 Å². The minimum absolute atomic E-state index is 0.0430. The molecule has 0 heterocycles. The summed E-state index contributed by atoms with van der Waals surface area (Å²) in [5.74, 6) is -0.293. The van der Waals surface area contributed by atoms with Gasteiger partial charge in [-0.1, -0.05) is 6.07 Å². The normalized spacial score (nSPS) is 10.0. The Labute approximate surface area is 120 Å². The fourth-order valence-electron chi connectivity index (χ4n) is 1.80. The highest BCUT2D eigenvalue weighted by Gasteiger charge is 2.12. The predicted octanol–water partition coefficient (Wildman–Crippen LogP) is 1.78. The van der Waals surface area contributed by atoms with Gasteiger partial charge in [0.25, 0.3) is 5.91 Å². The van der Waals surface area contributed by atoms with Crippen LogP contribution in [0.1, 0.15) is 23.2 Å². The van der Waals surface area contributed by atoms with E-state index in [1.54, 1.807) is 18.0 Å². The van der Waals surface area contributed by atoms with Crippen LogP contribution in [0.3, 0.4) is 0 Å². The van der Waals surface area contributed by atoms with Crippen molar-refractivity contribution < 1.29 is 14.3 Å². The Morgan fingerprint density at radius 3 is 2.50 bits per heavy atom. The molecule has 110 valence electrons. The average Bonchev–Trinajstić information content (AvgIpc) is 2.46. The van der Waals surface area contributed by atoms with Crippen molar-refractivity contribution in [3.63, 3.8) is 0 Å². The molecule has 1 amide bonds. The third-order valence-electron chi connectivity index (χ3n) is 3.06. The van der Waals surface area contributed by atoms with Gasteiger partial charge in [-0.2, -0.15) is 0 Å². The maximum atomic E-state index is 12.3. The SMILES string of the molecule is COC(=O)CCCN(C)C(=O)c1cccc(N(C)C)c1. The standard InChI is InChI=1S/C15H22N2O3/c1-16(2)13-8-5-7-12(11-13)15(19)17(3)10-6-9-14(18)20-4/h5,7-8,11H,6,9-10H2,1-4H3. The van der Waals surface area contributed by atoms with Crippen LogP contribution < -0.4 is 4.90 Å². The molecule has 0 aromatic heterocycles. The third-order valence-corrected chi connectivity index (χ3v) is 3.06. The highest BCUT2D eigenvalue weighted by atomic mass is 16.5. The highest BCUT2D eigenvalue weighted by Crippen LogP contribution is 2.14. The van der Waals surface area contributed by atoms with Crippen molar-refractivity contribution in [1.82, 2.24) is 4.90 Å². The Hall–Kier alpha value is -2.04. The minimum atomic E-state index is -0.250. The molecule has 1 aromatic carbocycles. The van der Waals surface area contributed by atoms with E-state index in [0.717, 1.165) is 5.69 Å². The summed E-state index contributed by atoms with van der Waals surface area (Å²) in [6, 6.07) is 7.48. The monoisotopic (exact) mass is 278 g/mol. The zero-order chi connectivity index (χ0) is 15.1. The largest absolute Gasteiger partial charge is 0.469 e. The van der Waals surface area contributed by atoms with Crippen LogP contribution in [0, 0.1) is 0 Å². The number of amides is 1. The number of anilines is 1. The summed E-state index contributed by atoms with van der Waals surface area (Å²) < 4.78 is 4.57. The minimum Gasteiger partial charge on any atom is -0.469 e. The number of hydrogen-bond acceptors (Lipinski definition) is 4. The molecule has 0 aliphatic carbocycles. The first-order valence-electron chi connectivity index (χ1n) is 6.55. The zero-order valence-corrected chi connectivity index (χ0v) is 12.5. The molecule has 0 bridgehead atoms. The van der Waals surface area contributed by atoms with Crippen LogP contribution in [0.4, 0.5) is 5.69 Å². The Kier molecular flexibility index (Phi) is 6.03. The fourth-order valence-corrected chi connectivity index (χ4v) is 1.80. The van der Waals surface area contributed by atoms with E-state index in [1.807, 2.05) is 37.2 Å². The number of methoxy groups -OCH3 is 1. The van der Waals surface area contributed by atoms with Crippen LogP contribution in [0.5, 0.6) is 0 Å². The fraction of sp³-hybridized carbons (Fsp3) is 0.467. The Bertz CT molecular complexity index is 472. The van der Waals surface area contributed by atoms with Crippen molar-refractivity contribution in [3.8, 4) is 0 Å². The number of carbonyl (C=O) groups excluding carboxylic acids is 2. The number of nitrogens with zero attached hydrogens (tertiary/aromatic N) is 2. The maximum Gasteiger partial charge on any atom is 0.305 e. The first kappa shape index (κ1) is 16.0.